The van der Waals surface area contributed by atoms with E-state index in [0.717, 1.165) is 11.1 Å². The Balaban J connectivity index is 2.59. The highest BCUT2D eigenvalue weighted by molar-refractivity contribution is 5.72. The Morgan fingerprint density at radius 2 is 2.19 bits per heavy atom. The van der Waals surface area contributed by atoms with E-state index in [1.165, 1.54) is 12.1 Å². The third-order valence-corrected chi connectivity index (χ3v) is 1.96. The minimum Gasteiger partial charge on any atom is -0.466 e. The topological polar surface area (TPSA) is 26.3 Å². The van der Waals surface area contributed by atoms with Gasteiger partial charge in [-0.25, -0.2) is 4.39 Å². The summed E-state index contributed by atoms with van der Waals surface area (Å²) >= 11 is 0. The van der Waals surface area contributed by atoms with Gasteiger partial charge >= 0.3 is 5.97 Å². The number of carbonyl (C=O) groups is 1. The molecular weight excluding hydrogens is 207 g/mol. The molecule has 3 heteroatoms. The maximum absolute atomic E-state index is 13.0. The van der Waals surface area contributed by atoms with Crippen LogP contribution in [0.5, 0.6) is 0 Å². The summed E-state index contributed by atoms with van der Waals surface area (Å²) in [7, 11) is 0. The zero-order chi connectivity index (χ0) is 12.0. The molecule has 0 saturated carbocycles. The average Bonchev–Trinajstić information content (AvgIpc) is 2.16. The second kappa shape index (κ2) is 6.05. The fraction of sp³-hybridized carbons (Fsp3) is 0.308. The number of ether oxygens (including phenoxy) is 1. The summed E-state index contributed by atoms with van der Waals surface area (Å²) in [6.07, 6.45) is 3.60. The van der Waals surface area contributed by atoms with Crippen molar-refractivity contribution < 1.29 is 13.9 Å². The average molecular weight is 222 g/mol. The maximum Gasteiger partial charge on any atom is 0.309 e. The summed E-state index contributed by atoms with van der Waals surface area (Å²) in [5.74, 6) is -0.539. The predicted octanol–water partition coefficient (Wildman–Crippen LogP) is 3.10. The molecule has 0 aliphatic carbocycles. The summed E-state index contributed by atoms with van der Waals surface area (Å²) in [5, 5.41) is 0. The highest BCUT2D eigenvalue weighted by Crippen LogP contribution is 2.10. The first-order chi connectivity index (χ1) is 7.61. The molecule has 0 fully saturated rings. The third kappa shape index (κ3) is 4.26. The first-order valence-electron chi connectivity index (χ1n) is 5.21. The highest BCUT2D eigenvalue weighted by Gasteiger charge is 1.97. The molecule has 0 atom stereocenters. The Labute approximate surface area is 94.7 Å². The molecule has 0 bridgehead atoms. The fourth-order valence-electron chi connectivity index (χ4n) is 1.37. The zero-order valence-electron chi connectivity index (χ0n) is 9.50. The van der Waals surface area contributed by atoms with Crippen LogP contribution in [0.25, 0.3) is 6.08 Å². The van der Waals surface area contributed by atoms with Crippen LogP contribution >= 0.6 is 0 Å². The van der Waals surface area contributed by atoms with Crippen molar-refractivity contribution in [3.63, 3.8) is 0 Å². The van der Waals surface area contributed by atoms with Crippen LogP contribution in [0.3, 0.4) is 0 Å². The van der Waals surface area contributed by atoms with Crippen LogP contribution in [-0.2, 0) is 9.53 Å². The molecule has 0 aliphatic rings. The van der Waals surface area contributed by atoms with Gasteiger partial charge in [-0.2, -0.15) is 0 Å². The van der Waals surface area contributed by atoms with Gasteiger partial charge in [0.05, 0.1) is 13.0 Å². The molecule has 0 spiro atoms. The first kappa shape index (κ1) is 12.4. The summed E-state index contributed by atoms with van der Waals surface area (Å²) in [5.41, 5.74) is 1.61. The van der Waals surface area contributed by atoms with Gasteiger partial charge in [-0.05, 0) is 37.1 Å². The van der Waals surface area contributed by atoms with Crippen molar-refractivity contribution in [1.82, 2.24) is 0 Å². The Hall–Kier alpha value is -1.64. The lowest BCUT2D eigenvalue weighted by Gasteiger charge is -1.98. The molecular formula is C13H15FO2. The molecule has 1 rings (SSSR count). The standard InChI is InChI=1S/C13H15FO2/c1-3-16-13(15)6-4-5-11-7-10(2)8-12(14)9-11/h4-5,7-9H,3,6H2,1-2H3. The minimum atomic E-state index is -0.271. The Kier molecular flexibility index (Phi) is 4.70. The Morgan fingerprint density at radius 3 is 2.81 bits per heavy atom. The van der Waals surface area contributed by atoms with Crippen molar-refractivity contribution in [1.29, 1.82) is 0 Å². The van der Waals surface area contributed by atoms with Gasteiger partial charge in [-0.3, -0.25) is 4.79 Å². The van der Waals surface area contributed by atoms with Crippen molar-refractivity contribution in [3.8, 4) is 0 Å². The number of rotatable bonds is 4. The van der Waals surface area contributed by atoms with Gasteiger partial charge in [0.1, 0.15) is 5.82 Å². The summed E-state index contributed by atoms with van der Waals surface area (Å²) in [4.78, 5) is 11.0. The molecule has 0 heterocycles. The largest absolute Gasteiger partial charge is 0.466 e. The number of benzene rings is 1. The summed E-state index contributed by atoms with van der Waals surface area (Å²) in [6, 6.07) is 4.74. The number of esters is 1. The van der Waals surface area contributed by atoms with E-state index in [1.807, 2.05) is 13.0 Å². The molecule has 1 aromatic rings. The van der Waals surface area contributed by atoms with Gasteiger partial charge in [-0.1, -0.05) is 18.2 Å². The van der Waals surface area contributed by atoms with Crippen LogP contribution in [0.2, 0.25) is 0 Å². The lowest BCUT2D eigenvalue weighted by atomic mass is 10.1. The van der Waals surface area contributed by atoms with Crippen LogP contribution < -0.4 is 0 Å². The van der Waals surface area contributed by atoms with Crippen molar-refractivity contribution in [3.05, 3.63) is 41.2 Å². The van der Waals surface area contributed by atoms with Gasteiger partial charge in [0, 0.05) is 0 Å². The van der Waals surface area contributed by atoms with E-state index >= 15 is 0 Å². The first-order valence-corrected chi connectivity index (χ1v) is 5.21. The normalized spacial score (nSPS) is 10.7. The second-order valence-corrected chi connectivity index (χ2v) is 3.47. The van der Waals surface area contributed by atoms with E-state index in [4.69, 9.17) is 4.74 Å². The van der Waals surface area contributed by atoms with E-state index < -0.39 is 0 Å². The van der Waals surface area contributed by atoms with E-state index in [2.05, 4.69) is 0 Å². The minimum absolute atomic E-state index is 0.212. The lowest BCUT2D eigenvalue weighted by Crippen LogP contribution is -2.01. The Bertz CT molecular complexity index is 377. The van der Waals surface area contributed by atoms with Crippen molar-refractivity contribution in [2.75, 3.05) is 6.61 Å². The van der Waals surface area contributed by atoms with Crippen molar-refractivity contribution in [2.45, 2.75) is 20.3 Å². The lowest BCUT2D eigenvalue weighted by molar-refractivity contribution is -0.142. The molecule has 2 nitrogen and oxygen atoms in total. The van der Waals surface area contributed by atoms with Crippen molar-refractivity contribution in [2.24, 2.45) is 0 Å². The quantitative estimate of drug-likeness (QED) is 0.732. The molecule has 0 aromatic heterocycles. The molecule has 0 radical (unpaired) electrons. The van der Waals surface area contributed by atoms with E-state index in [1.54, 1.807) is 19.1 Å². The number of halogens is 1. The van der Waals surface area contributed by atoms with E-state index in [0.29, 0.717) is 6.61 Å². The summed E-state index contributed by atoms with van der Waals surface area (Å²) < 4.78 is 17.8. The third-order valence-electron chi connectivity index (χ3n) is 1.96. The monoisotopic (exact) mass is 222 g/mol. The van der Waals surface area contributed by atoms with Crippen molar-refractivity contribution >= 4 is 12.0 Å². The molecule has 0 unspecified atom stereocenters. The smallest absolute Gasteiger partial charge is 0.309 e. The molecule has 0 saturated heterocycles. The SMILES string of the molecule is CCOC(=O)CC=Cc1cc(C)cc(F)c1. The van der Waals surface area contributed by atoms with Gasteiger partial charge in [-0.15, -0.1) is 0 Å². The second-order valence-electron chi connectivity index (χ2n) is 3.47. The summed E-state index contributed by atoms with van der Waals surface area (Å²) in [6.45, 7) is 3.97. The molecule has 86 valence electrons. The highest BCUT2D eigenvalue weighted by atomic mass is 19.1. The van der Waals surface area contributed by atoms with Gasteiger partial charge in [0.2, 0.25) is 0 Å². The van der Waals surface area contributed by atoms with Crippen LogP contribution in [0.15, 0.2) is 24.3 Å². The molecule has 0 N–H and O–H groups in total. The molecule has 16 heavy (non-hydrogen) atoms. The van der Waals surface area contributed by atoms with Gasteiger partial charge < -0.3 is 4.74 Å². The number of aryl methyl sites for hydroxylation is 1. The van der Waals surface area contributed by atoms with Crippen LogP contribution in [0.1, 0.15) is 24.5 Å². The van der Waals surface area contributed by atoms with Gasteiger partial charge in [0.25, 0.3) is 0 Å². The predicted molar refractivity (Wildman–Crippen MR) is 61.4 cm³/mol. The number of hydrogen-bond acceptors (Lipinski definition) is 2. The van der Waals surface area contributed by atoms with E-state index in [-0.39, 0.29) is 18.2 Å². The molecule has 0 amide bonds. The molecule has 0 aliphatic heterocycles. The van der Waals surface area contributed by atoms with Crippen LogP contribution in [0, 0.1) is 12.7 Å². The number of hydrogen-bond donors (Lipinski definition) is 0. The number of carbonyl (C=O) groups excluding carboxylic acids is 1. The maximum atomic E-state index is 13.0. The van der Waals surface area contributed by atoms with Crippen LogP contribution in [-0.4, -0.2) is 12.6 Å². The zero-order valence-corrected chi connectivity index (χ0v) is 9.50. The van der Waals surface area contributed by atoms with E-state index in [9.17, 15) is 9.18 Å². The van der Waals surface area contributed by atoms with Gasteiger partial charge in [0.15, 0.2) is 0 Å². The molecule has 1 aromatic carbocycles. The fourth-order valence-corrected chi connectivity index (χ4v) is 1.37. The van der Waals surface area contributed by atoms with Crippen LogP contribution in [0.4, 0.5) is 4.39 Å². The Morgan fingerprint density at radius 1 is 1.44 bits per heavy atom.